The Kier molecular flexibility index (Phi) is 4.05. The molecule has 1 saturated heterocycles. The first-order chi connectivity index (χ1) is 9.63. The SMILES string of the molecule is CC1(C)CN(S(=O)(=O)c2cc(C(=O)O)ccc2F)CCO1. The summed E-state index contributed by atoms with van der Waals surface area (Å²) < 4.78 is 45.4. The summed E-state index contributed by atoms with van der Waals surface area (Å²) in [6.45, 7) is 3.85. The Bertz CT molecular complexity index is 671. The zero-order valence-electron chi connectivity index (χ0n) is 11.7. The lowest BCUT2D eigenvalue weighted by Gasteiger charge is -2.37. The summed E-state index contributed by atoms with van der Waals surface area (Å²) in [6.07, 6.45) is 0. The second-order valence-electron chi connectivity index (χ2n) is 5.40. The lowest BCUT2D eigenvalue weighted by atomic mass is 10.1. The maximum atomic E-state index is 13.8. The van der Waals surface area contributed by atoms with Crippen molar-refractivity contribution in [1.82, 2.24) is 4.31 Å². The number of benzene rings is 1. The fourth-order valence-corrected chi connectivity index (χ4v) is 3.82. The van der Waals surface area contributed by atoms with Gasteiger partial charge in [0.1, 0.15) is 10.7 Å². The molecule has 1 aromatic carbocycles. The smallest absolute Gasteiger partial charge is 0.335 e. The van der Waals surface area contributed by atoms with E-state index in [-0.39, 0.29) is 25.3 Å². The molecule has 2 rings (SSSR count). The second kappa shape index (κ2) is 5.36. The maximum absolute atomic E-state index is 13.8. The normalized spacial score (nSPS) is 19.4. The summed E-state index contributed by atoms with van der Waals surface area (Å²) in [5, 5.41) is 8.91. The molecule has 1 aliphatic heterocycles. The first-order valence-electron chi connectivity index (χ1n) is 6.30. The molecule has 1 fully saturated rings. The quantitative estimate of drug-likeness (QED) is 0.909. The molecule has 6 nitrogen and oxygen atoms in total. The molecule has 0 saturated carbocycles. The van der Waals surface area contributed by atoms with Crippen molar-refractivity contribution in [3.05, 3.63) is 29.6 Å². The van der Waals surface area contributed by atoms with Crippen LogP contribution in [0.15, 0.2) is 23.1 Å². The van der Waals surface area contributed by atoms with Gasteiger partial charge in [0.25, 0.3) is 0 Å². The van der Waals surface area contributed by atoms with Gasteiger partial charge in [-0.3, -0.25) is 0 Å². The van der Waals surface area contributed by atoms with Gasteiger partial charge in [-0.2, -0.15) is 4.31 Å². The summed E-state index contributed by atoms with van der Waals surface area (Å²) in [6, 6.07) is 2.72. The number of ether oxygens (including phenoxy) is 1. The number of carboxylic acid groups (broad SMARTS) is 1. The Hall–Kier alpha value is -1.51. The molecule has 1 aliphatic rings. The molecule has 0 unspecified atom stereocenters. The zero-order valence-corrected chi connectivity index (χ0v) is 12.5. The van der Waals surface area contributed by atoms with Crippen LogP contribution in [0, 0.1) is 5.82 Å². The number of nitrogens with zero attached hydrogens (tertiary/aromatic N) is 1. The van der Waals surface area contributed by atoms with Crippen LogP contribution in [0.2, 0.25) is 0 Å². The van der Waals surface area contributed by atoms with Gasteiger partial charge < -0.3 is 9.84 Å². The van der Waals surface area contributed by atoms with Crippen molar-refractivity contribution in [2.45, 2.75) is 24.3 Å². The molecule has 8 heteroatoms. The number of sulfonamides is 1. The molecule has 0 amide bonds. The number of halogens is 1. The van der Waals surface area contributed by atoms with E-state index in [0.29, 0.717) is 0 Å². The van der Waals surface area contributed by atoms with E-state index in [9.17, 15) is 17.6 Å². The largest absolute Gasteiger partial charge is 0.478 e. The van der Waals surface area contributed by atoms with E-state index >= 15 is 0 Å². The minimum absolute atomic E-state index is 0.0755. The Labute approximate surface area is 122 Å². The summed E-state index contributed by atoms with van der Waals surface area (Å²) >= 11 is 0. The van der Waals surface area contributed by atoms with E-state index in [1.54, 1.807) is 13.8 Å². The maximum Gasteiger partial charge on any atom is 0.335 e. The third-order valence-electron chi connectivity index (χ3n) is 3.19. The van der Waals surface area contributed by atoms with Crippen LogP contribution in [0.1, 0.15) is 24.2 Å². The molecule has 0 aromatic heterocycles. The number of carbonyl (C=O) groups is 1. The van der Waals surface area contributed by atoms with E-state index in [4.69, 9.17) is 9.84 Å². The van der Waals surface area contributed by atoms with Crippen LogP contribution in [0.4, 0.5) is 4.39 Å². The lowest BCUT2D eigenvalue weighted by Crippen LogP contribution is -2.50. The number of morpholine rings is 1. The average molecular weight is 317 g/mol. The van der Waals surface area contributed by atoms with Crippen LogP contribution < -0.4 is 0 Å². The second-order valence-corrected chi connectivity index (χ2v) is 7.30. The molecule has 0 aliphatic carbocycles. The van der Waals surface area contributed by atoms with Crippen molar-refractivity contribution in [1.29, 1.82) is 0 Å². The van der Waals surface area contributed by atoms with Gasteiger partial charge in [0, 0.05) is 13.1 Å². The molecular formula is C13H16FNO5S. The molecular weight excluding hydrogens is 301 g/mol. The number of carboxylic acids is 1. The summed E-state index contributed by atoms with van der Waals surface area (Å²) in [5.41, 5.74) is -0.950. The fraction of sp³-hybridized carbons (Fsp3) is 0.462. The van der Waals surface area contributed by atoms with Crippen LogP contribution in [0.3, 0.4) is 0 Å². The predicted molar refractivity (Wildman–Crippen MR) is 72.1 cm³/mol. The van der Waals surface area contributed by atoms with Gasteiger partial charge in [-0.25, -0.2) is 17.6 Å². The minimum Gasteiger partial charge on any atom is -0.478 e. The van der Waals surface area contributed by atoms with Gasteiger partial charge >= 0.3 is 5.97 Å². The Morgan fingerprint density at radius 1 is 1.43 bits per heavy atom. The van der Waals surface area contributed by atoms with Crippen molar-refractivity contribution in [2.24, 2.45) is 0 Å². The number of aromatic carboxylic acids is 1. The van der Waals surface area contributed by atoms with Crippen molar-refractivity contribution < 1.29 is 27.4 Å². The third-order valence-corrected chi connectivity index (χ3v) is 5.05. The molecule has 0 atom stereocenters. The summed E-state index contributed by atoms with van der Waals surface area (Å²) in [4.78, 5) is 10.3. The highest BCUT2D eigenvalue weighted by molar-refractivity contribution is 7.89. The zero-order chi connectivity index (χ0) is 15.8. The fourth-order valence-electron chi connectivity index (χ4n) is 2.15. The topological polar surface area (TPSA) is 83.9 Å². The number of hydrogen-bond acceptors (Lipinski definition) is 4. The molecule has 0 bridgehead atoms. The van der Waals surface area contributed by atoms with Crippen LogP contribution in [-0.4, -0.2) is 49.1 Å². The predicted octanol–water partition coefficient (Wildman–Crippen LogP) is 1.32. The summed E-state index contributed by atoms with van der Waals surface area (Å²) in [5.74, 6) is -2.28. The van der Waals surface area contributed by atoms with Gasteiger partial charge in [0.15, 0.2) is 0 Å². The van der Waals surface area contributed by atoms with Crippen molar-refractivity contribution in [3.63, 3.8) is 0 Å². The first kappa shape index (κ1) is 15.9. The monoisotopic (exact) mass is 317 g/mol. The Morgan fingerprint density at radius 3 is 2.67 bits per heavy atom. The van der Waals surface area contributed by atoms with Crippen molar-refractivity contribution >= 4 is 16.0 Å². The van der Waals surface area contributed by atoms with E-state index < -0.39 is 32.3 Å². The average Bonchev–Trinajstić information content (AvgIpc) is 2.37. The molecule has 116 valence electrons. The highest BCUT2D eigenvalue weighted by Crippen LogP contribution is 2.25. The van der Waals surface area contributed by atoms with E-state index in [1.807, 2.05) is 0 Å². The Balaban J connectivity index is 2.44. The number of rotatable bonds is 3. The lowest BCUT2D eigenvalue weighted by molar-refractivity contribution is -0.0640. The summed E-state index contributed by atoms with van der Waals surface area (Å²) in [7, 11) is -4.10. The van der Waals surface area contributed by atoms with E-state index in [1.165, 1.54) is 0 Å². The number of hydrogen-bond donors (Lipinski definition) is 1. The molecule has 0 spiro atoms. The van der Waals surface area contributed by atoms with Gasteiger partial charge in [0.2, 0.25) is 10.0 Å². The van der Waals surface area contributed by atoms with Crippen LogP contribution in [0.25, 0.3) is 0 Å². The van der Waals surface area contributed by atoms with Crippen LogP contribution in [0.5, 0.6) is 0 Å². The van der Waals surface area contributed by atoms with E-state index in [2.05, 4.69) is 0 Å². The van der Waals surface area contributed by atoms with Gasteiger partial charge in [-0.05, 0) is 32.0 Å². The molecule has 1 aromatic rings. The highest BCUT2D eigenvalue weighted by atomic mass is 32.2. The molecule has 1 heterocycles. The molecule has 0 radical (unpaired) electrons. The van der Waals surface area contributed by atoms with Gasteiger partial charge in [0.05, 0.1) is 17.8 Å². The van der Waals surface area contributed by atoms with Gasteiger partial charge in [-0.1, -0.05) is 0 Å². The van der Waals surface area contributed by atoms with Crippen LogP contribution >= 0.6 is 0 Å². The Morgan fingerprint density at radius 2 is 2.10 bits per heavy atom. The standard InChI is InChI=1S/C13H16FNO5S/c1-13(2)8-15(5-6-20-13)21(18,19)11-7-9(12(16)17)3-4-10(11)14/h3-4,7H,5-6,8H2,1-2H3,(H,16,17). The molecule has 1 N–H and O–H groups in total. The first-order valence-corrected chi connectivity index (χ1v) is 7.74. The van der Waals surface area contributed by atoms with E-state index in [0.717, 1.165) is 22.5 Å². The highest BCUT2D eigenvalue weighted by Gasteiger charge is 2.36. The van der Waals surface area contributed by atoms with Gasteiger partial charge in [-0.15, -0.1) is 0 Å². The third kappa shape index (κ3) is 3.22. The molecule has 21 heavy (non-hydrogen) atoms. The minimum atomic E-state index is -4.10. The van der Waals surface area contributed by atoms with Crippen molar-refractivity contribution in [2.75, 3.05) is 19.7 Å². The van der Waals surface area contributed by atoms with Crippen molar-refractivity contribution in [3.8, 4) is 0 Å². The van der Waals surface area contributed by atoms with Crippen LogP contribution in [-0.2, 0) is 14.8 Å².